The normalized spacial score (nSPS) is 18.4. The van der Waals surface area contributed by atoms with Gasteiger partial charge < -0.3 is 0 Å². The van der Waals surface area contributed by atoms with Crippen LogP contribution in [0.5, 0.6) is 0 Å². The minimum Gasteiger partial charge on any atom is -0.296 e. The second-order valence-corrected chi connectivity index (χ2v) is 11.0. The van der Waals surface area contributed by atoms with E-state index in [0.717, 1.165) is 29.8 Å². The van der Waals surface area contributed by atoms with Gasteiger partial charge in [-0.2, -0.15) is 4.40 Å². The van der Waals surface area contributed by atoms with Crippen molar-refractivity contribution in [2.45, 2.75) is 78.0 Å². The van der Waals surface area contributed by atoms with Gasteiger partial charge in [0.1, 0.15) is 16.8 Å². The highest BCUT2D eigenvalue weighted by molar-refractivity contribution is 7.85. The molecule has 2 aromatic rings. The Hall–Kier alpha value is -1.82. The molecule has 0 saturated carbocycles. The molecule has 0 aliphatic carbocycles. The molecule has 1 atom stereocenters. The number of benzene rings is 1. The van der Waals surface area contributed by atoms with Crippen LogP contribution in [-0.4, -0.2) is 24.2 Å². The topological polar surface area (TPSA) is 64.3 Å². The fourth-order valence-electron chi connectivity index (χ4n) is 3.57. The Morgan fingerprint density at radius 2 is 1.96 bits per heavy atom. The third-order valence-electron chi connectivity index (χ3n) is 5.13. The van der Waals surface area contributed by atoms with Crippen LogP contribution in [0, 0.1) is 6.92 Å². The summed E-state index contributed by atoms with van der Waals surface area (Å²) in [5.74, 6) is 0.834. The number of hydrogen-bond acceptors (Lipinski definition) is 3. The molecule has 5 nitrogen and oxygen atoms in total. The molecule has 1 aromatic carbocycles. The number of aromatic nitrogens is 2. The van der Waals surface area contributed by atoms with Gasteiger partial charge in [0, 0.05) is 17.5 Å². The SMILES string of the molecule is C/C(=N\[S@](=O)C(C)(C)C)c1cc(C)cc2c(=O)n3c(nc12)C(C)(C)CCC3. The highest BCUT2D eigenvalue weighted by Gasteiger charge is 2.31. The van der Waals surface area contributed by atoms with Crippen molar-refractivity contribution in [3.8, 4) is 0 Å². The molecule has 0 unspecified atom stereocenters. The third-order valence-corrected chi connectivity index (χ3v) is 6.61. The van der Waals surface area contributed by atoms with Gasteiger partial charge in [-0.25, -0.2) is 9.19 Å². The molecular weight excluding hydrogens is 358 g/mol. The van der Waals surface area contributed by atoms with Crippen LogP contribution in [0.25, 0.3) is 10.9 Å². The average molecular weight is 388 g/mol. The quantitative estimate of drug-likeness (QED) is 0.730. The van der Waals surface area contributed by atoms with Crippen LogP contribution in [0.3, 0.4) is 0 Å². The lowest BCUT2D eigenvalue weighted by molar-refractivity contribution is 0.341. The van der Waals surface area contributed by atoms with Crippen LogP contribution in [0.1, 0.15) is 71.3 Å². The highest BCUT2D eigenvalue weighted by Crippen LogP contribution is 2.32. The Kier molecular flexibility index (Phi) is 4.91. The Morgan fingerprint density at radius 3 is 2.59 bits per heavy atom. The number of fused-ring (bicyclic) bond motifs is 2. The fraction of sp³-hybridized carbons (Fsp3) is 0.571. The van der Waals surface area contributed by atoms with Crippen LogP contribution >= 0.6 is 0 Å². The van der Waals surface area contributed by atoms with E-state index in [1.165, 1.54) is 0 Å². The van der Waals surface area contributed by atoms with Crippen LogP contribution in [0.2, 0.25) is 0 Å². The van der Waals surface area contributed by atoms with Crippen molar-refractivity contribution in [2.24, 2.45) is 4.40 Å². The molecular formula is C21H29N3O2S. The molecule has 0 N–H and O–H groups in total. The zero-order valence-electron chi connectivity index (χ0n) is 17.3. The summed E-state index contributed by atoms with van der Waals surface area (Å²) < 4.78 is 18.3. The molecule has 6 heteroatoms. The predicted octanol–water partition coefficient (Wildman–Crippen LogP) is 4.05. The summed E-state index contributed by atoms with van der Waals surface area (Å²) >= 11 is 0. The molecule has 1 aliphatic heterocycles. The van der Waals surface area contributed by atoms with Gasteiger partial charge in [0.2, 0.25) is 0 Å². The maximum Gasteiger partial charge on any atom is 0.261 e. The minimum absolute atomic E-state index is 0.0115. The molecule has 27 heavy (non-hydrogen) atoms. The van der Waals surface area contributed by atoms with Crippen molar-refractivity contribution in [3.05, 3.63) is 39.4 Å². The van der Waals surface area contributed by atoms with Crippen molar-refractivity contribution in [3.63, 3.8) is 0 Å². The lowest BCUT2D eigenvalue weighted by Crippen LogP contribution is -2.37. The fourth-order valence-corrected chi connectivity index (χ4v) is 4.19. The van der Waals surface area contributed by atoms with Gasteiger partial charge in [-0.15, -0.1) is 0 Å². The lowest BCUT2D eigenvalue weighted by Gasteiger charge is -2.32. The first kappa shape index (κ1) is 19.9. The maximum atomic E-state index is 13.2. The van der Waals surface area contributed by atoms with Crippen LogP contribution in [0.4, 0.5) is 0 Å². The van der Waals surface area contributed by atoms with Crippen molar-refractivity contribution in [1.82, 2.24) is 9.55 Å². The van der Waals surface area contributed by atoms with E-state index in [4.69, 9.17) is 4.98 Å². The highest BCUT2D eigenvalue weighted by atomic mass is 32.2. The summed E-state index contributed by atoms with van der Waals surface area (Å²) in [6.45, 7) is 14.5. The number of hydrogen-bond donors (Lipinski definition) is 0. The Bertz CT molecular complexity index is 1030. The van der Waals surface area contributed by atoms with Gasteiger partial charge in [-0.1, -0.05) is 13.8 Å². The molecule has 1 aromatic heterocycles. The van der Waals surface area contributed by atoms with Gasteiger partial charge in [-0.3, -0.25) is 9.36 Å². The summed E-state index contributed by atoms with van der Waals surface area (Å²) in [5, 5.41) is 0.613. The van der Waals surface area contributed by atoms with E-state index in [9.17, 15) is 9.00 Å². The second-order valence-electron chi connectivity index (χ2n) is 9.13. The number of rotatable bonds is 2. The Balaban J connectivity index is 2.32. The van der Waals surface area contributed by atoms with E-state index in [0.29, 0.717) is 23.2 Å². The number of aryl methyl sites for hydroxylation is 1. The molecule has 146 valence electrons. The average Bonchev–Trinajstić information content (AvgIpc) is 2.54. The monoisotopic (exact) mass is 387 g/mol. The standard InChI is InChI=1S/C21H29N3O2S/c1-13-11-15(14(2)23-27(26)20(3,4)5)17-16(12-13)18(25)24-10-8-9-21(6,7)19(24)22-17/h11-12H,8-10H2,1-7H3/b23-14+/t27-/m1/s1. The first-order valence-corrected chi connectivity index (χ1v) is 10.6. The first-order chi connectivity index (χ1) is 12.4. The molecule has 2 heterocycles. The van der Waals surface area contributed by atoms with Gasteiger partial charge in [0.15, 0.2) is 0 Å². The summed E-state index contributed by atoms with van der Waals surface area (Å²) in [4.78, 5) is 18.1. The zero-order chi connectivity index (χ0) is 20.1. The van der Waals surface area contributed by atoms with Gasteiger partial charge in [-0.05, 0) is 65.2 Å². The molecule has 0 amide bonds. The van der Waals surface area contributed by atoms with E-state index in [2.05, 4.69) is 18.2 Å². The van der Waals surface area contributed by atoms with Gasteiger partial charge in [0.25, 0.3) is 5.56 Å². The van der Waals surface area contributed by atoms with E-state index < -0.39 is 15.7 Å². The number of nitrogens with zero attached hydrogens (tertiary/aromatic N) is 3. The van der Waals surface area contributed by atoms with E-state index in [1.54, 1.807) is 0 Å². The molecule has 0 fully saturated rings. The molecule has 3 rings (SSSR count). The molecule has 0 saturated heterocycles. The molecule has 0 bridgehead atoms. The Labute approximate surface area is 163 Å². The molecule has 0 radical (unpaired) electrons. The third kappa shape index (κ3) is 3.64. The smallest absolute Gasteiger partial charge is 0.261 e. The minimum atomic E-state index is -1.36. The van der Waals surface area contributed by atoms with Crippen molar-refractivity contribution >= 4 is 27.6 Å². The van der Waals surface area contributed by atoms with Crippen molar-refractivity contribution in [2.75, 3.05) is 0 Å². The van der Waals surface area contributed by atoms with Crippen LogP contribution < -0.4 is 5.56 Å². The summed E-state index contributed by atoms with van der Waals surface area (Å²) in [5.41, 5.74) is 2.96. The summed E-state index contributed by atoms with van der Waals surface area (Å²) in [6.07, 6.45) is 1.99. The van der Waals surface area contributed by atoms with Crippen molar-refractivity contribution in [1.29, 1.82) is 0 Å². The summed E-state index contributed by atoms with van der Waals surface area (Å²) in [7, 11) is -1.36. The second kappa shape index (κ2) is 6.66. The van der Waals surface area contributed by atoms with Crippen LogP contribution in [0.15, 0.2) is 21.3 Å². The van der Waals surface area contributed by atoms with E-state index in [-0.39, 0.29) is 11.0 Å². The molecule has 0 spiro atoms. The summed E-state index contributed by atoms with van der Waals surface area (Å²) in [6, 6.07) is 3.89. The largest absolute Gasteiger partial charge is 0.296 e. The van der Waals surface area contributed by atoms with Gasteiger partial charge >= 0.3 is 0 Å². The first-order valence-electron chi connectivity index (χ1n) is 9.45. The van der Waals surface area contributed by atoms with E-state index >= 15 is 0 Å². The maximum absolute atomic E-state index is 13.2. The van der Waals surface area contributed by atoms with E-state index in [1.807, 2.05) is 51.3 Å². The molecule has 1 aliphatic rings. The van der Waals surface area contributed by atoms with Gasteiger partial charge in [0.05, 0.1) is 21.4 Å². The Morgan fingerprint density at radius 1 is 1.30 bits per heavy atom. The predicted molar refractivity (Wildman–Crippen MR) is 113 cm³/mol. The van der Waals surface area contributed by atoms with Crippen LogP contribution in [-0.2, 0) is 22.9 Å². The zero-order valence-corrected chi connectivity index (χ0v) is 18.2. The lowest BCUT2D eigenvalue weighted by atomic mass is 9.84. The van der Waals surface area contributed by atoms with Crippen molar-refractivity contribution < 1.29 is 4.21 Å².